The van der Waals surface area contributed by atoms with E-state index >= 15 is 0 Å². The molecular weight excluding hydrogens is 233 g/mol. The Morgan fingerprint density at radius 1 is 1.24 bits per heavy atom. The molecule has 0 aliphatic rings. The minimum absolute atomic E-state index is 0.150. The average Bonchev–Trinajstić information content (AvgIpc) is 2.28. The first kappa shape index (κ1) is 13.5. The van der Waals surface area contributed by atoms with Crippen LogP contribution >= 0.6 is 0 Å². The van der Waals surface area contributed by atoms with Crippen LogP contribution in [-0.2, 0) is 4.79 Å². The van der Waals surface area contributed by atoms with Crippen LogP contribution in [0.1, 0.15) is 13.8 Å². The quantitative estimate of drug-likeness (QED) is 0.802. The predicted octanol–water partition coefficient (Wildman–Crippen LogP) is 2.03. The molecule has 94 valence electrons. The van der Waals surface area contributed by atoms with Crippen molar-refractivity contribution in [3.05, 3.63) is 29.6 Å². The van der Waals surface area contributed by atoms with Crippen molar-refractivity contribution in [2.24, 2.45) is 11.7 Å². The summed E-state index contributed by atoms with van der Waals surface area (Å²) < 4.78 is 38.7. The summed E-state index contributed by atoms with van der Waals surface area (Å²) in [6.45, 7) is 3.43. The number of hydrogen-bond donors (Lipinski definition) is 2. The van der Waals surface area contributed by atoms with E-state index < -0.39 is 35.1 Å². The fourth-order valence-corrected chi connectivity index (χ4v) is 1.14. The number of benzene rings is 1. The van der Waals surface area contributed by atoms with Gasteiger partial charge in [-0.1, -0.05) is 13.8 Å². The molecule has 3 nitrogen and oxygen atoms in total. The van der Waals surface area contributed by atoms with E-state index in [2.05, 4.69) is 5.32 Å². The van der Waals surface area contributed by atoms with E-state index in [1.165, 1.54) is 0 Å². The lowest BCUT2D eigenvalue weighted by Crippen LogP contribution is -2.40. The molecule has 0 heterocycles. The number of halogens is 3. The largest absolute Gasteiger partial charge is 0.322 e. The van der Waals surface area contributed by atoms with Crippen LogP contribution in [-0.4, -0.2) is 11.9 Å². The summed E-state index contributed by atoms with van der Waals surface area (Å²) in [6.07, 6.45) is 0. The fourth-order valence-electron chi connectivity index (χ4n) is 1.14. The van der Waals surface area contributed by atoms with Crippen LogP contribution in [0.25, 0.3) is 0 Å². The van der Waals surface area contributed by atoms with E-state index in [1.807, 2.05) is 0 Å². The van der Waals surface area contributed by atoms with Crippen molar-refractivity contribution in [3.63, 3.8) is 0 Å². The van der Waals surface area contributed by atoms with Crippen LogP contribution in [0.15, 0.2) is 12.1 Å². The molecule has 1 rings (SSSR count). The molecule has 6 heteroatoms. The lowest BCUT2D eigenvalue weighted by Gasteiger charge is -2.15. The third-order valence-corrected chi connectivity index (χ3v) is 2.31. The molecule has 0 bridgehead atoms. The summed E-state index contributed by atoms with van der Waals surface area (Å²) in [5.41, 5.74) is 5.10. The van der Waals surface area contributed by atoms with Crippen LogP contribution in [0.3, 0.4) is 0 Å². The van der Waals surface area contributed by atoms with Gasteiger partial charge < -0.3 is 11.1 Å². The molecule has 0 aromatic heterocycles. The summed E-state index contributed by atoms with van der Waals surface area (Å²) >= 11 is 0. The van der Waals surface area contributed by atoms with Gasteiger partial charge in [-0.15, -0.1) is 0 Å². The van der Waals surface area contributed by atoms with Crippen molar-refractivity contribution < 1.29 is 18.0 Å². The van der Waals surface area contributed by atoms with Crippen molar-refractivity contribution in [2.75, 3.05) is 5.32 Å². The van der Waals surface area contributed by atoms with E-state index in [0.717, 1.165) is 12.1 Å². The monoisotopic (exact) mass is 246 g/mol. The third kappa shape index (κ3) is 2.97. The van der Waals surface area contributed by atoms with Crippen molar-refractivity contribution >= 4 is 11.6 Å². The van der Waals surface area contributed by atoms with Crippen LogP contribution in [0.5, 0.6) is 0 Å². The summed E-state index contributed by atoms with van der Waals surface area (Å²) in [6, 6.07) is 0.829. The Labute approximate surface area is 96.8 Å². The number of amides is 1. The normalized spacial score (nSPS) is 12.6. The summed E-state index contributed by atoms with van der Waals surface area (Å²) in [5, 5.41) is 2.11. The molecule has 0 radical (unpaired) electrons. The second kappa shape index (κ2) is 5.18. The number of rotatable bonds is 3. The predicted molar refractivity (Wildman–Crippen MR) is 57.8 cm³/mol. The van der Waals surface area contributed by atoms with Crippen LogP contribution in [0.4, 0.5) is 18.9 Å². The third-order valence-electron chi connectivity index (χ3n) is 2.31. The van der Waals surface area contributed by atoms with E-state index in [-0.39, 0.29) is 5.92 Å². The van der Waals surface area contributed by atoms with Gasteiger partial charge in [-0.25, -0.2) is 13.2 Å². The SMILES string of the molecule is CC(C)C(N)C(=O)Nc1ccc(F)c(F)c1F. The second-order valence-electron chi connectivity index (χ2n) is 3.98. The first-order valence-corrected chi connectivity index (χ1v) is 5.04. The Morgan fingerprint density at radius 3 is 2.35 bits per heavy atom. The maximum Gasteiger partial charge on any atom is 0.241 e. The van der Waals surface area contributed by atoms with Crippen molar-refractivity contribution in [2.45, 2.75) is 19.9 Å². The van der Waals surface area contributed by atoms with Gasteiger partial charge in [-0.05, 0) is 18.1 Å². The molecule has 1 aromatic carbocycles. The summed E-state index contributed by atoms with van der Waals surface area (Å²) in [4.78, 5) is 11.5. The Bertz CT molecular complexity index is 435. The minimum atomic E-state index is -1.62. The highest BCUT2D eigenvalue weighted by atomic mass is 19.2. The molecule has 0 saturated heterocycles. The Balaban J connectivity index is 2.90. The minimum Gasteiger partial charge on any atom is -0.322 e. The molecule has 0 spiro atoms. The summed E-state index contributed by atoms with van der Waals surface area (Å²) in [5.74, 6) is -5.17. The number of nitrogens with one attached hydrogen (secondary N) is 1. The molecule has 0 saturated carbocycles. The Kier molecular flexibility index (Phi) is 4.11. The Hall–Kier alpha value is -1.56. The number of anilines is 1. The number of carbonyl (C=O) groups excluding carboxylic acids is 1. The zero-order chi connectivity index (χ0) is 13.2. The lowest BCUT2D eigenvalue weighted by molar-refractivity contribution is -0.118. The number of hydrogen-bond acceptors (Lipinski definition) is 2. The van der Waals surface area contributed by atoms with Gasteiger partial charge in [0.1, 0.15) is 0 Å². The van der Waals surface area contributed by atoms with Gasteiger partial charge >= 0.3 is 0 Å². The molecule has 1 atom stereocenters. The number of carbonyl (C=O) groups is 1. The molecule has 1 amide bonds. The zero-order valence-electron chi connectivity index (χ0n) is 9.43. The smallest absolute Gasteiger partial charge is 0.241 e. The van der Waals surface area contributed by atoms with E-state index in [0.29, 0.717) is 0 Å². The standard InChI is InChI=1S/C11H13F3N2O/c1-5(2)10(15)11(17)16-7-4-3-6(12)8(13)9(7)14/h3-5,10H,15H2,1-2H3,(H,16,17). The van der Waals surface area contributed by atoms with Gasteiger partial charge in [0.2, 0.25) is 5.91 Å². The molecule has 17 heavy (non-hydrogen) atoms. The van der Waals surface area contributed by atoms with Crippen LogP contribution < -0.4 is 11.1 Å². The topological polar surface area (TPSA) is 55.1 Å². The van der Waals surface area contributed by atoms with Crippen LogP contribution in [0.2, 0.25) is 0 Å². The molecule has 0 fully saturated rings. The first-order valence-electron chi connectivity index (χ1n) is 5.04. The van der Waals surface area contributed by atoms with E-state index in [1.54, 1.807) is 13.8 Å². The highest BCUT2D eigenvalue weighted by Gasteiger charge is 2.20. The van der Waals surface area contributed by atoms with Crippen LogP contribution in [0, 0.1) is 23.4 Å². The van der Waals surface area contributed by atoms with Gasteiger partial charge in [0.15, 0.2) is 17.5 Å². The summed E-state index contributed by atoms with van der Waals surface area (Å²) in [7, 11) is 0. The molecule has 1 aromatic rings. The highest BCUT2D eigenvalue weighted by molar-refractivity contribution is 5.94. The fraction of sp³-hybridized carbons (Fsp3) is 0.364. The lowest BCUT2D eigenvalue weighted by atomic mass is 10.0. The van der Waals surface area contributed by atoms with Gasteiger partial charge in [-0.2, -0.15) is 0 Å². The first-order chi connectivity index (χ1) is 7.84. The van der Waals surface area contributed by atoms with E-state index in [9.17, 15) is 18.0 Å². The van der Waals surface area contributed by atoms with Gasteiger partial charge in [0.25, 0.3) is 0 Å². The second-order valence-corrected chi connectivity index (χ2v) is 3.98. The molecule has 1 unspecified atom stereocenters. The number of nitrogens with two attached hydrogens (primary N) is 1. The molecular formula is C11H13F3N2O. The highest BCUT2D eigenvalue weighted by Crippen LogP contribution is 2.19. The van der Waals surface area contributed by atoms with Crippen molar-refractivity contribution in [3.8, 4) is 0 Å². The maximum absolute atomic E-state index is 13.2. The van der Waals surface area contributed by atoms with Gasteiger partial charge in [-0.3, -0.25) is 4.79 Å². The van der Waals surface area contributed by atoms with E-state index in [4.69, 9.17) is 5.73 Å². The molecule has 0 aliphatic heterocycles. The maximum atomic E-state index is 13.2. The Morgan fingerprint density at radius 2 is 1.82 bits per heavy atom. The van der Waals surface area contributed by atoms with Crippen molar-refractivity contribution in [1.29, 1.82) is 0 Å². The van der Waals surface area contributed by atoms with Gasteiger partial charge in [0.05, 0.1) is 11.7 Å². The molecule has 3 N–H and O–H groups in total. The van der Waals surface area contributed by atoms with Crippen molar-refractivity contribution in [1.82, 2.24) is 0 Å². The molecule has 0 aliphatic carbocycles. The average molecular weight is 246 g/mol. The van der Waals surface area contributed by atoms with Gasteiger partial charge in [0, 0.05) is 0 Å². The zero-order valence-corrected chi connectivity index (χ0v) is 9.43.